The van der Waals surface area contributed by atoms with Gasteiger partial charge in [0, 0.05) is 6.54 Å². The molecule has 1 heterocycles. The number of aliphatic hydroxyl groups is 2. The average molecular weight is 1070 g/mol. The zero-order chi connectivity index (χ0) is 57.1. The van der Waals surface area contributed by atoms with E-state index in [9.17, 15) is 73.2 Å². The summed E-state index contributed by atoms with van der Waals surface area (Å²) in [5.41, 5.74) is 16.8. The van der Waals surface area contributed by atoms with Gasteiger partial charge in [0.25, 0.3) is 0 Å². The Morgan fingerprint density at radius 2 is 1.03 bits per heavy atom. The minimum atomic E-state index is -1.84. The third kappa shape index (κ3) is 23.6. The molecular weight excluding hydrogens is 985 g/mol. The smallest absolute Gasteiger partial charge is 0.326 e. The maximum atomic E-state index is 13.8. The van der Waals surface area contributed by atoms with Gasteiger partial charge in [-0.1, -0.05) is 48.0 Å². The van der Waals surface area contributed by atoms with Crippen molar-refractivity contribution in [2.24, 2.45) is 35.0 Å². The van der Waals surface area contributed by atoms with E-state index in [0.717, 1.165) is 0 Å². The SMILES string of the molecule is CC[C@H](C)[C@H](NC(=O)[C@@H](N)CO)C(=O)N1CCC[C@H]1C(=O)N[C@@H](CO)C(=O)N[C@@H](CCCCN)C(=O)N[C@@H](CC(=O)O)C(=O)N[C@@H](C)C(=O)N[C@@H](CC(C)C)C(=O)N[C@@H](CC(C)C)C(=O)N[C@@H](CCCCN)C(=O)O. The highest BCUT2D eigenvalue weighted by Gasteiger charge is 2.41. The van der Waals surface area contributed by atoms with Crippen molar-refractivity contribution in [3.8, 4) is 0 Å². The topological polar surface area (TPSA) is 446 Å². The fraction of sp³-hybridized carbons (Fsp3) is 0.771. The highest BCUT2D eigenvalue weighted by molar-refractivity contribution is 5.99. The van der Waals surface area contributed by atoms with Crippen molar-refractivity contribution in [1.29, 1.82) is 0 Å². The van der Waals surface area contributed by atoms with Crippen LogP contribution in [0.15, 0.2) is 0 Å². The number of aliphatic hydroxyl groups excluding tert-OH is 2. The van der Waals surface area contributed by atoms with Gasteiger partial charge in [-0.3, -0.25) is 47.9 Å². The van der Waals surface area contributed by atoms with E-state index in [0.29, 0.717) is 38.6 Å². The summed E-state index contributed by atoms with van der Waals surface area (Å²) in [6.45, 7) is 10.8. The Labute approximate surface area is 438 Å². The Morgan fingerprint density at radius 1 is 0.560 bits per heavy atom. The Morgan fingerprint density at radius 3 is 1.51 bits per heavy atom. The molecule has 0 aliphatic carbocycles. The second-order valence-corrected chi connectivity index (χ2v) is 19.9. The Kier molecular flexibility index (Phi) is 30.8. The fourth-order valence-corrected chi connectivity index (χ4v) is 8.04. The molecule has 0 bridgehead atoms. The summed E-state index contributed by atoms with van der Waals surface area (Å²) in [4.78, 5) is 147. The van der Waals surface area contributed by atoms with Crippen LogP contribution in [0.4, 0.5) is 0 Å². The molecule has 27 heteroatoms. The number of amides is 9. The number of carboxylic acid groups (broad SMARTS) is 2. The van der Waals surface area contributed by atoms with Crippen LogP contribution in [0, 0.1) is 17.8 Å². The van der Waals surface area contributed by atoms with Crippen LogP contribution in [0.5, 0.6) is 0 Å². The predicted molar refractivity (Wildman–Crippen MR) is 272 cm³/mol. The number of carboxylic acids is 2. The molecule has 0 aromatic heterocycles. The van der Waals surface area contributed by atoms with Crippen LogP contribution in [0.3, 0.4) is 0 Å². The Hall–Kier alpha value is -6.03. The van der Waals surface area contributed by atoms with Crippen molar-refractivity contribution >= 4 is 65.1 Å². The van der Waals surface area contributed by atoms with Crippen LogP contribution in [-0.2, 0) is 52.7 Å². The van der Waals surface area contributed by atoms with E-state index in [1.807, 2.05) is 0 Å². The predicted octanol–water partition coefficient (Wildman–Crippen LogP) is -3.86. The molecule has 0 aromatic carbocycles. The van der Waals surface area contributed by atoms with Crippen molar-refractivity contribution in [2.75, 3.05) is 32.8 Å². The van der Waals surface area contributed by atoms with Gasteiger partial charge in [0.1, 0.15) is 60.4 Å². The number of aliphatic carboxylic acids is 2. The van der Waals surface area contributed by atoms with Crippen LogP contribution >= 0.6 is 0 Å². The summed E-state index contributed by atoms with van der Waals surface area (Å²) in [7, 11) is 0. The highest BCUT2D eigenvalue weighted by atomic mass is 16.4. The molecule has 11 atom stereocenters. The van der Waals surface area contributed by atoms with Crippen molar-refractivity contribution in [3.05, 3.63) is 0 Å². The van der Waals surface area contributed by atoms with Gasteiger partial charge in [0.05, 0.1) is 19.6 Å². The number of hydrogen-bond acceptors (Lipinski definition) is 16. The molecule has 1 fully saturated rings. The van der Waals surface area contributed by atoms with Gasteiger partial charge in [-0.2, -0.15) is 0 Å². The number of hydrogen-bond donors (Lipinski definition) is 15. The molecule has 9 amide bonds. The van der Waals surface area contributed by atoms with Crippen LogP contribution in [0.25, 0.3) is 0 Å². The fourth-order valence-electron chi connectivity index (χ4n) is 8.04. The molecule has 1 aliphatic rings. The third-order valence-corrected chi connectivity index (χ3v) is 12.5. The largest absolute Gasteiger partial charge is 0.481 e. The quantitative estimate of drug-likeness (QED) is 0.0267. The van der Waals surface area contributed by atoms with E-state index >= 15 is 0 Å². The van der Waals surface area contributed by atoms with Crippen molar-refractivity contribution in [3.63, 3.8) is 0 Å². The summed E-state index contributed by atoms with van der Waals surface area (Å²) < 4.78 is 0. The van der Waals surface area contributed by atoms with Crippen LogP contribution in [0.2, 0.25) is 0 Å². The number of nitrogens with zero attached hydrogens (tertiary/aromatic N) is 1. The lowest BCUT2D eigenvalue weighted by Crippen LogP contribution is -2.61. The molecule has 18 N–H and O–H groups in total. The second kappa shape index (κ2) is 34.5. The second-order valence-electron chi connectivity index (χ2n) is 19.9. The summed E-state index contributed by atoms with van der Waals surface area (Å²) in [5, 5.41) is 58.8. The zero-order valence-electron chi connectivity index (χ0n) is 44.5. The molecule has 75 heavy (non-hydrogen) atoms. The van der Waals surface area contributed by atoms with Gasteiger partial charge in [-0.15, -0.1) is 0 Å². The first kappa shape index (κ1) is 67.0. The average Bonchev–Trinajstić information content (AvgIpc) is 3.85. The molecule has 0 unspecified atom stereocenters. The molecule has 1 rings (SSSR count). The monoisotopic (exact) mass is 1070 g/mol. The number of rotatable bonds is 36. The van der Waals surface area contributed by atoms with Gasteiger partial charge in [-0.25, -0.2) is 4.79 Å². The normalized spacial score (nSPS) is 17.4. The Balaban J connectivity index is 3.26. The molecule has 0 spiro atoms. The van der Waals surface area contributed by atoms with Crippen molar-refractivity contribution < 1.29 is 73.2 Å². The number of nitrogens with one attached hydrogen (secondary N) is 8. The van der Waals surface area contributed by atoms with E-state index in [1.54, 1.807) is 41.5 Å². The van der Waals surface area contributed by atoms with Crippen molar-refractivity contribution in [2.45, 2.75) is 186 Å². The highest BCUT2D eigenvalue weighted by Crippen LogP contribution is 2.22. The molecular formula is C48H86N12O15. The lowest BCUT2D eigenvalue weighted by Gasteiger charge is -2.32. The lowest BCUT2D eigenvalue weighted by molar-refractivity contribution is -0.143. The number of unbranched alkanes of at least 4 members (excludes halogenated alkanes) is 2. The van der Waals surface area contributed by atoms with Crippen LogP contribution in [0.1, 0.15) is 126 Å². The Bertz CT molecular complexity index is 1930. The van der Waals surface area contributed by atoms with E-state index in [4.69, 9.17) is 17.2 Å². The molecule has 27 nitrogen and oxygen atoms in total. The first-order chi connectivity index (χ1) is 35.3. The van der Waals surface area contributed by atoms with Gasteiger partial charge in [0.15, 0.2) is 0 Å². The first-order valence-electron chi connectivity index (χ1n) is 25.8. The minimum absolute atomic E-state index is 0.0575. The molecule has 428 valence electrons. The summed E-state index contributed by atoms with van der Waals surface area (Å²) >= 11 is 0. The minimum Gasteiger partial charge on any atom is -0.481 e. The number of carbonyl (C=O) groups excluding carboxylic acids is 9. The van der Waals surface area contributed by atoms with E-state index in [1.165, 1.54) is 11.8 Å². The number of likely N-dealkylation sites (tertiary alicyclic amines) is 1. The van der Waals surface area contributed by atoms with Gasteiger partial charge in [0.2, 0.25) is 53.2 Å². The zero-order valence-corrected chi connectivity index (χ0v) is 44.5. The van der Waals surface area contributed by atoms with Crippen LogP contribution in [-0.4, -0.2) is 184 Å². The van der Waals surface area contributed by atoms with Gasteiger partial charge in [-0.05, 0) is 102 Å². The third-order valence-electron chi connectivity index (χ3n) is 12.5. The van der Waals surface area contributed by atoms with Crippen LogP contribution < -0.4 is 59.7 Å². The molecule has 0 saturated carbocycles. The van der Waals surface area contributed by atoms with Gasteiger partial charge >= 0.3 is 11.9 Å². The summed E-state index contributed by atoms with van der Waals surface area (Å²) in [6.07, 6.45) is 1.73. The van der Waals surface area contributed by atoms with E-state index in [2.05, 4.69) is 42.5 Å². The first-order valence-corrected chi connectivity index (χ1v) is 25.8. The maximum Gasteiger partial charge on any atom is 0.326 e. The molecule has 1 aliphatic heterocycles. The molecule has 0 radical (unpaired) electrons. The van der Waals surface area contributed by atoms with E-state index in [-0.39, 0.29) is 63.5 Å². The summed E-state index contributed by atoms with van der Waals surface area (Å²) in [6, 6.07) is -13.7. The van der Waals surface area contributed by atoms with Gasteiger partial charge < -0.3 is 85.1 Å². The summed E-state index contributed by atoms with van der Waals surface area (Å²) in [5.74, 6) is -11.4. The lowest BCUT2D eigenvalue weighted by atomic mass is 9.97. The molecule has 1 saturated heterocycles. The standard InChI is InChI=1S/C48H86N12O15/c1-8-27(6)38(59-40(66)29(51)23-61)47(73)60-19-13-16-36(60)46(72)58-35(24-62)45(71)53-30(14-9-11-17-49)41(67)57-34(22-37(63)64)42(68)52-28(7)39(65)55-32(20-25(2)3)44(70)56-33(21-26(4)5)43(69)54-31(48(74)75)15-10-12-18-50/h25-36,38,61-62H,8-24,49-51H2,1-7H3,(H,52,68)(H,53,71)(H,54,69)(H,55,65)(H,56,70)(H,57,67)(H,58,72)(H,59,66)(H,63,64)(H,74,75)/t27-,28-,29-,30-,31-,32-,33-,34-,35-,36-,38-/m0/s1. The number of nitrogens with two attached hydrogens (primary N) is 3. The molecule has 0 aromatic rings. The van der Waals surface area contributed by atoms with Crippen molar-refractivity contribution in [1.82, 2.24) is 47.4 Å². The number of carbonyl (C=O) groups is 11. The maximum absolute atomic E-state index is 13.8. The van der Waals surface area contributed by atoms with E-state index < -0.39 is 151 Å².